The third-order valence-corrected chi connectivity index (χ3v) is 5.88. The van der Waals surface area contributed by atoms with Crippen molar-refractivity contribution < 1.29 is 13.2 Å². The van der Waals surface area contributed by atoms with Crippen molar-refractivity contribution >= 4 is 21.6 Å². The number of sulfone groups is 1. The Labute approximate surface area is 158 Å². The summed E-state index contributed by atoms with van der Waals surface area (Å²) in [5.74, 6) is 0.447. The molecule has 0 aliphatic carbocycles. The summed E-state index contributed by atoms with van der Waals surface area (Å²) in [6.45, 7) is 3.47. The molecule has 0 saturated heterocycles. The normalized spacial score (nSPS) is 11.3. The second kappa shape index (κ2) is 7.75. The van der Waals surface area contributed by atoms with Crippen LogP contribution in [0.3, 0.4) is 0 Å². The van der Waals surface area contributed by atoms with Crippen LogP contribution in [-0.2, 0) is 21.1 Å². The lowest BCUT2D eigenvalue weighted by atomic mass is 10.1. The Morgan fingerprint density at radius 1 is 1.07 bits per heavy atom. The number of carbonyl (C=O) groups is 1. The van der Waals surface area contributed by atoms with Gasteiger partial charge in [0.25, 0.3) is 0 Å². The van der Waals surface area contributed by atoms with Crippen LogP contribution in [-0.4, -0.2) is 29.9 Å². The van der Waals surface area contributed by atoms with Gasteiger partial charge in [-0.3, -0.25) is 4.79 Å². The number of rotatable bonds is 6. The average Bonchev–Trinajstić information content (AvgIpc) is 3.03. The van der Waals surface area contributed by atoms with E-state index in [2.05, 4.69) is 10.4 Å². The SMILES string of the molecule is CCS(=O)(=O)c1ccc(CC(=O)Nc2cc(C)nn2-c2ccccc2)cc1. The van der Waals surface area contributed by atoms with E-state index in [-0.39, 0.29) is 23.0 Å². The quantitative estimate of drug-likeness (QED) is 0.709. The lowest BCUT2D eigenvalue weighted by Crippen LogP contribution is -2.17. The Bertz CT molecular complexity index is 1040. The van der Waals surface area contributed by atoms with Crippen LogP contribution in [0.25, 0.3) is 5.69 Å². The van der Waals surface area contributed by atoms with Crippen LogP contribution >= 0.6 is 0 Å². The zero-order chi connectivity index (χ0) is 19.4. The van der Waals surface area contributed by atoms with Crippen molar-refractivity contribution in [2.75, 3.05) is 11.1 Å². The highest BCUT2D eigenvalue weighted by Gasteiger charge is 2.13. The smallest absolute Gasteiger partial charge is 0.229 e. The lowest BCUT2D eigenvalue weighted by Gasteiger charge is -2.09. The van der Waals surface area contributed by atoms with E-state index in [1.807, 2.05) is 43.3 Å². The molecule has 0 saturated carbocycles. The fraction of sp³-hybridized carbons (Fsp3) is 0.200. The second-order valence-electron chi connectivity index (χ2n) is 6.19. The summed E-state index contributed by atoms with van der Waals surface area (Å²) < 4.78 is 25.4. The highest BCUT2D eigenvalue weighted by Crippen LogP contribution is 2.18. The zero-order valence-corrected chi connectivity index (χ0v) is 16.0. The van der Waals surface area contributed by atoms with Gasteiger partial charge in [0.15, 0.2) is 9.84 Å². The first-order valence-corrected chi connectivity index (χ1v) is 10.3. The number of hydrogen-bond acceptors (Lipinski definition) is 4. The first-order valence-electron chi connectivity index (χ1n) is 8.62. The number of aryl methyl sites for hydroxylation is 1. The van der Waals surface area contributed by atoms with Crippen molar-refractivity contribution in [3.8, 4) is 5.69 Å². The van der Waals surface area contributed by atoms with Gasteiger partial charge >= 0.3 is 0 Å². The highest BCUT2D eigenvalue weighted by atomic mass is 32.2. The highest BCUT2D eigenvalue weighted by molar-refractivity contribution is 7.91. The second-order valence-corrected chi connectivity index (χ2v) is 8.47. The summed E-state index contributed by atoms with van der Waals surface area (Å²) in [7, 11) is -3.24. The maximum absolute atomic E-state index is 12.4. The largest absolute Gasteiger partial charge is 0.310 e. The number of carbonyl (C=O) groups excluding carboxylic acids is 1. The van der Waals surface area contributed by atoms with Gasteiger partial charge in [0.1, 0.15) is 5.82 Å². The molecule has 0 fully saturated rings. The molecule has 2 aromatic carbocycles. The maximum Gasteiger partial charge on any atom is 0.229 e. The van der Waals surface area contributed by atoms with Crippen molar-refractivity contribution in [1.82, 2.24) is 9.78 Å². The van der Waals surface area contributed by atoms with E-state index in [1.54, 1.807) is 35.9 Å². The molecule has 0 aliphatic rings. The number of para-hydroxylation sites is 1. The van der Waals surface area contributed by atoms with Crippen molar-refractivity contribution in [3.63, 3.8) is 0 Å². The minimum Gasteiger partial charge on any atom is -0.310 e. The molecule has 0 aliphatic heterocycles. The van der Waals surface area contributed by atoms with Crippen LogP contribution in [0, 0.1) is 6.92 Å². The molecule has 0 bridgehead atoms. The first-order chi connectivity index (χ1) is 12.9. The molecule has 0 atom stereocenters. The molecule has 1 heterocycles. The molecule has 0 spiro atoms. The predicted octanol–water partition coefficient (Wildman–Crippen LogP) is 3.16. The maximum atomic E-state index is 12.4. The van der Waals surface area contributed by atoms with Gasteiger partial charge in [0, 0.05) is 6.07 Å². The van der Waals surface area contributed by atoms with Gasteiger partial charge in [-0.1, -0.05) is 37.3 Å². The molecular formula is C20H21N3O3S. The van der Waals surface area contributed by atoms with Crippen LogP contribution in [0.5, 0.6) is 0 Å². The Kier molecular flexibility index (Phi) is 5.41. The molecule has 7 heteroatoms. The van der Waals surface area contributed by atoms with Gasteiger partial charge in [-0.2, -0.15) is 5.10 Å². The van der Waals surface area contributed by atoms with E-state index in [1.165, 1.54) is 0 Å². The van der Waals surface area contributed by atoms with Crippen LogP contribution in [0.1, 0.15) is 18.2 Å². The molecule has 3 aromatic rings. The van der Waals surface area contributed by atoms with E-state index < -0.39 is 9.84 Å². The number of aromatic nitrogens is 2. The van der Waals surface area contributed by atoms with E-state index >= 15 is 0 Å². The molecule has 27 heavy (non-hydrogen) atoms. The molecule has 140 valence electrons. The number of amides is 1. The molecule has 1 amide bonds. The Morgan fingerprint density at radius 2 is 1.74 bits per heavy atom. The van der Waals surface area contributed by atoms with Crippen LogP contribution < -0.4 is 5.32 Å². The topological polar surface area (TPSA) is 81.1 Å². The van der Waals surface area contributed by atoms with Gasteiger partial charge in [0.2, 0.25) is 5.91 Å². The van der Waals surface area contributed by atoms with Crippen LogP contribution in [0.4, 0.5) is 5.82 Å². The molecule has 1 N–H and O–H groups in total. The molecule has 0 unspecified atom stereocenters. The number of nitrogens with zero attached hydrogens (tertiary/aromatic N) is 2. The first kappa shape index (κ1) is 18.8. The zero-order valence-electron chi connectivity index (χ0n) is 15.2. The molecule has 6 nitrogen and oxygen atoms in total. The van der Waals surface area contributed by atoms with Gasteiger partial charge in [0.05, 0.1) is 28.5 Å². The van der Waals surface area contributed by atoms with Crippen LogP contribution in [0.15, 0.2) is 65.6 Å². The summed E-state index contributed by atoms with van der Waals surface area (Å²) in [4.78, 5) is 12.7. The summed E-state index contributed by atoms with van der Waals surface area (Å²) in [6, 6.07) is 17.8. The average molecular weight is 383 g/mol. The van der Waals surface area contributed by atoms with Crippen molar-refractivity contribution in [1.29, 1.82) is 0 Å². The minimum absolute atomic E-state index is 0.0512. The van der Waals surface area contributed by atoms with E-state index in [0.29, 0.717) is 5.82 Å². The van der Waals surface area contributed by atoms with Crippen LogP contribution in [0.2, 0.25) is 0 Å². The predicted molar refractivity (Wildman–Crippen MR) is 105 cm³/mol. The van der Waals surface area contributed by atoms with Crippen molar-refractivity contribution in [3.05, 3.63) is 71.9 Å². The molecule has 3 rings (SSSR count). The third kappa shape index (κ3) is 4.43. The summed E-state index contributed by atoms with van der Waals surface area (Å²) in [5, 5.41) is 7.30. The molecule has 1 aromatic heterocycles. The monoisotopic (exact) mass is 383 g/mol. The summed E-state index contributed by atoms with van der Waals surface area (Å²) in [6.07, 6.45) is 0.144. The Hall–Kier alpha value is -2.93. The van der Waals surface area contributed by atoms with Gasteiger partial charge in [-0.05, 0) is 36.8 Å². The van der Waals surface area contributed by atoms with Gasteiger partial charge < -0.3 is 5.32 Å². The number of benzene rings is 2. The number of nitrogens with one attached hydrogen (secondary N) is 1. The van der Waals surface area contributed by atoms with E-state index in [9.17, 15) is 13.2 Å². The fourth-order valence-corrected chi connectivity index (χ4v) is 3.59. The Balaban J connectivity index is 1.74. The van der Waals surface area contributed by atoms with E-state index in [4.69, 9.17) is 0 Å². The van der Waals surface area contributed by atoms with E-state index in [0.717, 1.165) is 16.9 Å². The van der Waals surface area contributed by atoms with Gasteiger partial charge in [-0.15, -0.1) is 0 Å². The van der Waals surface area contributed by atoms with Gasteiger partial charge in [-0.25, -0.2) is 13.1 Å². The number of hydrogen-bond donors (Lipinski definition) is 1. The molecule has 0 radical (unpaired) electrons. The minimum atomic E-state index is -3.24. The number of anilines is 1. The Morgan fingerprint density at radius 3 is 2.37 bits per heavy atom. The van der Waals surface area contributed by atoms with Crippen molar-refractivity contribution in [2.45, 2.75) is 25.2 Å². The van der Waals surface area contributed by atoms with Crippen molar-refractivity contribution in [2.24, 2.45) is 0 Å². The fourth-order valence-electron chi connectivity index (χ4n) is 2.71. The summed E-state index contributed by atoms with van der Waals surface area (Å²) in [5.41, 5.74) is 2.39. The summed E-state index contributed by atoms with van der Waals surface area (Å²) >= 11 is 0. The molecular weight excluding hydrogens is 362 g/mol. The lowest BCUT2D eigenvalue weighted by molar-refractivity contribution is -0.115. The standard InChI is InChI=1S/C20H21N3O3S/c1-3-27(25,26)18-11-9-16(10-12-18)14-20(24)21-19-13-15(2)22-23(19)17-7-5-4-6-8-17/h4-13H,3,14H2,1-2H3,(H,21,24). The third-order valence-electron chi connectivity index (χ3n) is 4.13.